The molecule has 0 bridgehead atoms. The van der Waals surface area contributed by atoms with Gasteiger partial charge in [-0.1, -0.05) is 42.5 Å². The van der Waals surface area contributed by atoms with Gasteiger partial charge in [0.2, 0.25) is 0 Å². The van der Waals surface area contributed by atoms with Gasteiger partial charge in [0.1, 0.15) is 0 Å². The molecule has 3 aromatic heterocycles. The number of amides is 1. The number of benzene rings is 2. The van der Waals surface area contributed by atoms with Crippen molar-refractivity contribution in [1.29, 1.82) is 0 Å². The number of pyridine rings is 2. The number of para-hydroxylation sites is 1. The number of carbonyl (C=O) groups excluding carboxylic acids is 1. The van der Waals surface area contributed by atoms with Crippen molar-refractivity contribution in [3.8, 4) is 0 Å². The van der Waals surface area contributed by atoms with Crippen LogP contribution in [0, 0.1) is 6.92 Å². The van der Waals surface area contributed by atoms with Gasteiger partial charge in [-0.15, -0.1) is 5.10 Å². The Labute approximate surface area is 179 Å². The van der Waals surface area contributed by atoms with Crippen LogP contribution in [0.25, 0.3) is 16.6 Å². The molecule has 3 heterocycles. The highest BCUT2D eigenvalue weighted by atomic mass is 16.2. The molecule has 5 rings (SSSR count). The van der Waals surface area contributed by atoms with E-state index < -0.39 is 0 Å². The molecule has 1 amide bonds. The average molecular weight is 408 g/mol. The Kier molecular flexibility index (Phi) is 4.84. The summed E-state index contributed by atoms with van der Waals surface area (Å²) in [6, 6.07) is 21.3. The molecule has 0 saturated carbocycles. The molecule has 0 radical (unpaired) electrons. The molecule has 7 nitrogen and oxygen atoms in total. The van der Waals surface area contributed by atoms with Crippen LogP contribution in [0.3, 0.4) is 0 Å². The molecule has 152 valence electrons. The number of fused-ring (bicyclic) bond motifs is 3. The normalized spacial score (nSPS) is 11.1. The molecular weight excluding hydrogens is 388 g/mol. The van der Waals surface area contributed by atoms with Gasteiger partial charge in [0, 0.05) is 35.5 Å². The van der Waals surface area contributed by atoms with Crippen LogP contribution >= 0.6 is 0 Å². The number of hydrogen-bond acceptors (Lipinski definition) is 5. The molecule has 2 aromatic carbocycles. The highest BCUT2D eigenvalue weighted by Crippen LogP contribution is 2.24. The first-order chi connectivity index (χ1) is 15.2. The molecule has 0 aliphatic rings. The number of aryl methyl sites for hydroxylation is 1. The van der Waals surface area contributed by atoms with E-state index in [-0.39, 0.29) is 5.91 Å². The van der Waals surface area contributed by atoms with E-state index >= 15 is 0 Å². The summed E-state index contributed by atoms with van der Waals surface area (Å²) in [4.78, 5) is 19.4. The standard InChI is InChI=1S/C24H20N6O/c1-17-7-5-11-20-13-21(23-26-27-28-30(23)22(17)20)16-29(15-18-8-6-12-25-14-18)24(31)19-9-3-2-4-10-19/h2-14H,15-16H2,1H3. The molecule has 0 atom stereocenters. The van der Waals surface area contributed by atoms with Crippen molar-refractivity contribution in [3.63, 3.8) is 0 Å². The van der Waals surface area contributed by atoms with Crippen LogP contribution < -0.4 is 0 Å². The molecule has 0 N–H and O–H groups in total. The van der Waals surface area contributed by atoms with E-state index in [1.807, 2.05) is 67.6 Å². The third-order valence-electron chi connectivity index (χ3n) is 5.33. The highest BCUT2D eigenvalue weighted by Gasteiger charge is 2.20. The van der Waals surface area contributed by atoms with Crippen LogP contribution in [0.5, 0.6) is 0 Å². The number of hydrogen-bond donors (Lipinski definition) is 0. The maximum Gasteiger partial charge on any atom is 0.254 e. The molecule has 0 saturated heterocycles. The lowest BCUT2D eigenvalue weighted by atomic mass is 10.1. The maximum absolute atomic E-state index is 13.4. The molecule has 5 aromatic rings. The molecule has 31 heavy (non-hydrogen) atoms. The smallest absolute Gasteiger partial charge is 0.254 e. The van der Waals surface area contributed by atoms with Crippen LogP contribution in [-0.4, -0.2) is 35.8 Å². The van der Waals surface area contributed by atoms with Crippen molar-refractivity contribution < 1.29 is 4.79 Å². The van der Waals surface area contributed by atoms with E-state index in [1.54, 1.807) is 21.8 Å². The zero-order valence-electron chi connectivity index (χ0n) is 17.0. The van der Waals surface area contributed by atoms with Crippen LogP contribution in [0.1, 0.15) is 27.0 Å². The summed E-state index contributed by atoms with van der Waals surface area (Å²) in [6.07, 6.45) is 3.51. The SMILES string of the molecule is Cc1cccc2cc(CN(Cc3cccnc3)C(=O)c3ccccc3)c3nnnn3c12. The van der Waals surface area contributed by atoms with Gasteiger partial charge in [-0.3, -0.25) is 9.78 Å². The summed E-state index contributed by atoms with van der Waals surface area (Å²) in [5.41, 5.74) is 5.20. The lowest BCUT2D eigenvalue weighted by Crippen LogP contribution is -2.30. The Morgan fingerprint density at radius 1 is 1.00 bits per heavy atom. The van der Waals surface area contributed by atoms with Gasteiger partial charge in [-0.2, -0.15) is 4.52 Å². The van der Waals surface area contributed by atoms with E-state index in [0.29, 0.717) is 24.3 Å². The van der Waals surface area contributed by atoms with Crippen LogP contribution in [0.2, 0.25) is 0 Å². The first-order valence-electron chi connectivity index (χ1n) is 10.0. The minimum Gasteiger partial charge on any atom is -0.330 e. The average Bonchev–Trinajstić information content (AvgIpc) is 3.30. The molecule has 0 fully saturated rings. The largest absolute Gasteiger partial charge is 0.330 e. The molecule has 0 spiro atoms. The van der Waals surface area contributed by atoms with Crippen molar-refractivity contribution >= 4 is 22.5 Å². The van der Waals surface area contributed by atoms with Gasteiger partial charge >= 0.3 is 0 Å². The summed E-state index contributed by atoms with van der Waals surface area (Å²) < 4.78 is 1.76. The minimum absolute atomic E-state index is 0.0561. The highest BCUT2D eigenvalue weighted by molar-refractivity contribution is 5.94. The van der Waals surface area contributed by atoms with Gasteiger partial charge in [-0.25, -0.2) is 0 Å². The van der Waals surface area contributed by atoms with E-state index in [1.165, 1.54) is 0 Å². The summed E-state index contributed by atoms with van der Waals surface area (Å²) >= 11 is 0. The molecular formula is C24H20N6O. The predicted octanol–water partition coefficient (Wildman–Crippen LogP) is 3.82. The fraction of sp³-hybridized carbons (Fsp3) is 0.125. The third kappa shape index (κ3) is 3.61. The second-order valence-electron chi connectivity index (χ2n) is 7.49. The topological polar surface area (TPSA) is 76.3 Å². The monoisotopic (exact) mass is 408 g/mol. The van der Waals surface area contributed by atoms with Gasteiger partial charge < -0.3 is 4.90 Å². The lowest BCUT2D eigenvalue weighted by Gasteiger charge is -2.23. The Morgan fingerprint density at radius 2 is 1.87 bits per heavy atom. The van der Waals surface area contributed by atoms with Crippen molar-refractivity contribution in [2.45, 2.75) is 20.0 Å². The first kappa shape index (κ1) is 18.9. The van der Waals surface area contributed by atoms with Crippen molar-refractivity contribution in [2.75, 3.05) is 0 Å². The Hall–Kier alpha value is -4.13. The van der Waals surface area contributed by atoms with Gasteiger partial charge in [0.05, 0.1) is 12.1 Å². The first-order valence-corrected chi connectivity index (χ1v) is 10.0. The van der Waals surface area contributed by atoms with Gasteiger partial charge in [0.25, 0.3) is 5.91 Å². The second-order valence-corrected chi connectivity index (χ2v) is 7.49. The van der Waals surface area contributed by atoms with E-state index in [4.69, 9.17) is 0 Å². The van der Waals surface area contributed by atoms with E-state index in [0.717, 1.165) is 27.6 Å². The Bertz CT molecular complexity index is 1360. The molecule has 0 aliphatic heterocycles. The van der Waals surface area contributed by atoms with E-state index in [9.17, 15) is 4.79 Å². The number of aromatic nitrogens is 5. The zero-order valence-corrected chi connectivity index (χ0v) is 17.0. The summed E-state index contributed by atoms with van der Waals surface area (Å²) in [5, 5.41) is 13.4. The lowest BCUT2D eigenvalue weighted by molar-refractivity contribution is 0.0730. The molecule has 0 aliphatic carbocycles. The van der Waals surface area contributed by atoms with Crippen LogP contribution in [0.4, 0.5) is 0 Å². The number of tetrazole rings is 1. The quantitative estimate of drug-likeness (QED) is 0.442. The third-order valence-corrected chi connectivity index (χ3v) is 5.33. The zero-order chi connectivity index (χ0) is 21.2. The minimum atomic E-state index is -0.0561. The maximum atomic E-state index is 13.4. The van der Waals surface area contributed by atoms with E-state index in [2.05, 4.69) is 26.6 Å². The summed E-state index contributed by atoms with van der Waals surface area (Å²) in [6.45, 7) is 2.84. The van der Waals surface area contributed by atoms with Crippen LogP contribution in [-0.2, 0) is 13.1 Å². The fourth-order valence-corrected chi connectivity index (χ4v) is 3.87. The fourth-order valence-electron chi connectivity index (χ4n) is 3.87. The summed E-state index contributed by atoms with van der Waals surface area (Å²) in [7, 11) is 0. The predicted molar refractivity (Wildman–Crippen MR) is 117 cm³/mol. The van der Waals surface area contributed by atoms with Crippen LogP contribution in [0.15, 0.2) is 79.1 Å². The molecule has 7 heteroatoms. The van der Waals surface area contributed by atoms with Crippen molar-refractivity contribution in [3.05, 3.63) is 101 Å². The second kappa shape index (κ2) is 7.95. The van der Waals surface area contributed by atoms with Crippen molar-refractivity contribution in [1.82, 2.24) is 29.9 Å². The number of nitrogens with zero attached hydrogens (tertiary/aromatic N) is 6. The van der Waals surface area contributed by atoms with Gasteiger partial charge in [-0.05, 0) is 52.7 Å². The Morgan fingerprint density at radius 3 is 2.68 bits per heavy atom. The van der Waals surface area contributed by atoms with Gasteiger partial charge in [0.15, 0.2) is 5.65 Å². The Balaban J connectivity index is 1.59. The number of rotatable bonds is 5. The van der Waals surface area contributed by atoms with Crippen molar-refractivity contribution in [2.24, 2.45) is 0 Å². The molecule has 0 unspecified atom stereocenters. The summed E-state index contributed by atoms with van der Waals surface area (Å²) in [5.74, 6) is -0.0561. The number of carbonyl (C=O) groups is 1.